The second kappa shape index (κ2) is 12.2. The Kier molecular flexibility index (Phi) is 8.60. The number of anilines is 1. The first-order valence-electron chi connectivity index (χ1n) is 11.7. The lowest BCUT2D eigenvalue weighted by Gasteiger charge is -2.16. The van der Waals surface area contributed by atoms with E-state index in [0.29, 0.717) is 35.8 Å². The second-order valence-electron chi connectivity index (χ2n) is 8.30. The van der Waals surface area contributed by atoms with Gasteiger partial charge in [0.2, 0.25) is 5.91 Å². The number of benzene rings is 3. The van der Waals surface area contributed by atoms with Crippen molar-refractivity contribution < 1.29 is 28.2 Å². The van der Waals surface area contributed by atoms with E-state index in [1.807, 2.05) is 36.4 Å². The summed E-state index contributed by atoms with van der Waals surface area (Å²) in [6.07, 6.45) is 3.81. The molecule has 0 unspecified atom stereocenters. The van der Waals surface area contributed by atoms with Crippen molar-refractivity contribution >= 4 is 40.6 Å². The molecule has 7 nitrogen and oxygen atoms in total. The molecule has 1 N–H and O–H groups in total. The largest absolute Gasteiger partial charge is 0.493 e. The van der Waals surface area contributed by atoms with Crippen LogP contribution in [0.25, 0.3) is 6.08 Å². The van der Waals surface area contributed by atoms with Crippen LogP contribution in [0.5, 0.6) is 11.5 Å². The first-order chi connectivity index (χ1) is 18.4. The van der Waals surface area contributed by atoms with Gasteiger partial charge in [0.05, 0.1) is 12.0 Å². The average Bonchev–Trinajstić information content (AvgIpc) is 3.17. The van der Waals surface area contributed by atoms with E-state index >= 15 is 0 Å². The molecule has 3 aromatic rings. The topological polar surface area (TPSA) is 84.9 Å². The van der Waals surface area contributed by atoms with Crippen LogP contribution in [0.15, 0.2) is 84.3 Å². The van der Waals surface area contributed by atoms with Gasteiger partial charge in [0.15, 0.2) is 11.5 Å². The number of methoxy groups -OCH3 is 1. The molecule has 9 heteroatoms. The predicted molar refractivity (Wildman–Crippen MR) is 145 cm³/mol. The Balaban J connectivity index is 1.52. The van der Waals surface area contributed by atoms with Crippen molar-refractivity contribution in [2.75, 3.05) is 19.0 Å². The molecule has 1 aliphatic rings. The van der Waals surface area contributed by atoms with Gasteiger partial charge in [-0.3, -0.25) is 19.3 Å². The number of imide groups is 1. The van der Waals surface area contributed by atoms with Crippen LogP contribution in [0.4, 0.5) is 14.9 Å². The minimum atomic E-state index is -0.581. The number of amides is 3. The number of allylic oxidation sites excluding steroid dienone is 1. The molecule has 0 aromatic heterocycles. The van der Waals surface area contributed by atoms with E-state index in [9.17, 15) is 18.8 Å². The fraction of sp³-hybridized carbons (Fsp3) is 0.138. The molecule has 3 aromatic carbocycles. The highest BCUT2D eigenvalue weighted by Crippen LogP contribution is 2.37. The fourth-order valence-electron chi connectivity index (χ4n) is 3.78. The zero-order chi connectivity index (χ0) is 27.1. The van der Waals surface area contributed by atoms with Crippen LogP contribution < -0.4 is 14.8 Å². The summed E-state index contributed by atoms with van der Waals surface area (Å²) in [5, 5.41) is 1.99. The van der Waals surface area contributed by atoms with Gasteiger partial charge in [-0.05, 0) is 71.8 Å². The average molecular weight is 533 g/mol. The SMILES string of the molecule is C=CCc1cc(/C=C2\SC(=O)N(CC(=O)Nc3ccc(F)cc3)C2=O)cc(OC)c1OCc1ccccc1. The Morgan fingerprint density at radius 2 is 1.84 bits per heavy atom. The number of ether oxygens (including phenoxy) is 2. The van der Waals surface area contributed by atoms with E-state index in [1.54, 1.807) is 18.2 Å². The molecular formula is C29H25FN2O5S. The zero-order valence-corrected chi connectivity index (χ0v) is 21.4. The standard InChI is InChI=1S/C29H25FN2O5S/c1-3-7-21-14-20(15-24(36-2)27(21)37-18-19-8-5-4-6-9-19)16-25-28(34)32(29(35)38-25)17-26(33)31-23-12-10-22(30)11-13-23/h3-6,8-16H,1,7,17-18H2,2H3,(H,31,33)/b25-16-. The summed E-state index contributed by atoms with van der Waals surface area (Å²) in [4.78, 5) is 38.9. The number of rotatable bonds is 10. The number of nitrogens with zero attached hydrogens (tertiary/aromatic N) is 1. The van der Waals surface area contributed by atoms with Gasteiger partial charge in [-0.1, -0.05) is 36.4 Å². The highest BCUT2D eigenvalue weighted by molar-refractivity contribution is 8.18. The van der Waals surface area contributed by atoms with Crippen molar-refractivity contribution in [3.63, 3.8) is 0 Å². The van der Waals surface area contributed by atoms with Crippen molar-refractivity contribution in [1.82, 2.24) is 4.90 Å². The van der Waals surface area contributed by atoms with Crippen molar-refractivity contribution in [1.29, 1.82) is 0 Å². The van der Waals surface area contributed by atoms with E-state index < -0.39 is 29.4 Å². The van der Waals surface area contributed by atoms with Gasteiger partial charge in [-0.25, -0.2) is 4.39 Å². The van der Waals surface area contributed by atoms with Crippen molar-refractivity contribution in [2.24, 2.45) is 0 Å². The molecule has 38 heavy (non-hydrogen) atoms. The van der Waals surface area contributed by atoms with Crippen molar-refractivity contribution in [2.45, 2.75) is 13.0 Å². The Morgan fingerprint density at radius 3 is 2.53 bits per heavy atom. The number of carbonyl (C=O) groups is 3. The molecule has 1 aliphatic heterocycles. The third-order valence-electron chi connectivity index (χ3n) is 5.57. The molecule has 0 saturated carbocycles. The van der Waals surface area contributed by atoms with Gasteiger partial charge in [-0.2, -0.15) is 0 Å². The minimum Gasteiger partial charge on any atom is -0.493 e. The second-order valence-corrected chi connectivity index (χ2v) is 9.29. The maximum atomic E-state index is 13.1. The van der Waals surface area contributed by atoms with Crippen LogP contribution in [0.2, 0.25) is 0 Å². The summed E-state index contributed by atoms with van der Waals surface area (Å²) in [6.45, 7) is 3.70. The summed E-state index contributed by atoms with van der Waals surface area (Å²) < 4.78 is 24.7. The van der Waals surface area contributed by atoms with E-state index in [1.165, 1.54) is 31.4 Å². The minimum absolute atomic E-state index is 0.175. The molecular weight excluding hydrogens is 507 g/mol. The van der Waals surface area contributed by atoms with Crippen molar-refractivity contribution in [3.05, 3.63) is 107 Å². The van der Waals surface area contributed by atoms with Gasteiger partial charge >= 0.3 is 0 Å². The van der Waals surface area contributed by atoms with Crippen LogP contribution >= 0.6 is 11.8 Å². The molecule has 194 valence electrons. The van der Waals surface area contributed by atoms with Gasteiger partial charge < -0.3 is 14.8 Å². The number of thioether (sulfide) groups is 1. The lowest BCUT2D eigenvalue weighted by Crippen LogP contribution is -2.36. The molecule has 0 bridgehead atoms. The summed E-state index contributed by atoms with van der Waals surface area (Å²) in [6, 6.07) is 18.5. The molecule has 1 saturated heterocycles. The Hall–Kier alpha value is -4.37. The van der Waals surface area contributed by atoms with Crippen LogP contribution in [-0.2, 0) is 22.6 Å². The monoisotopic (exact) mass is 532 g/mol. The Bertz CT molecular complexity index is 1390. The van der Waals surface area contributed by atoms with Crippen LogP contribution in [0.3, 0.4) is 0 Å². The highest BCUT2D eigenvalue weighted by atomic mass is 32.2. The maximum absolute atomic E-state index is 13.1. The lowest BCUT2D eigenvalue weighted by atomic mass is 10.0. The molecule has 3 amide bonds. The number of hydrogen-bond donors (Lipinski definition) is 1. The zero-order valence-electron chi connectivity index (χ0n) is 20.6. The van der Waals surface area contributed by atoms with E-state index in [2.05, 4.69) is 11.9 Å². The number of carbonyl (C=O) groups excluding carboxylic acids is 3. The molecule has 0 atom stereocenters. The molecule has 0 radical (unpaired) electrons. The first kappa shape index (κ1) is 26.7. The first-order valence-corrected chi connectivity index (χ1v) is 12.5. The third kappa shape index (κ3) is 6.49. The number of halogens is 1. The summed E-state index contributed by atoms with van der Waals surface area (Å²) in [5.41, 5.74) is 2.79. The summed E-state index contributed by atoms with van der Waals surface area (Å²) in [7, 11) is 1.53. The van der Waals surface area contributed by atoms with Gasteiger partial charge in [0.1, 0.15) is 19.0 Å². The van der Waals surface area contributed by atoms with Crippen LogP contribution in [0, 0.1) is 5.82 Å². The highest BCUT2D eigenvalue weighted by Gasteiger charge is 2.36. The van der Waals surface area contributed by atoms with Gasteiger partial charge in [0.25, 0.3) is 11.1 Å². The summed E-state index contributed by atoms with van der Waals surface area (Å²) in [5.74, 6) is -0.552. The molecule has 0 aliphatic carbocycles. The molecule has 1 fully saturated rings. The summed E-state index contributed by atoms with van der Waals surface area (Å²) >= 11 is 0.748. The number of nitrogens with one attached hydrogen (secondary N) is 1. The third-order valence-corrected chi connectivity index (χ3v) is 6.47. The quantitative estimate of drug-likeness (QED) is 0.262. The van der Waals surface area contributed by atoms with Crippen molar-refractivity contribution in [3.8, 4) is 11.5 Å². The van der Waals surface area contributed by atoms with E-state index in [0.717, 1.165) is 27.8 Å². The van der Waals surface area contributed by atoms with Crippen LogP contribution in [-0.4, -0.2) is 35.6 Å². The lowest BCUT2D eigenvalue weighted by molar-refractivity contribution is -0.127. The Labute approximate surface area is 223 Å². The molecule has 0 spiro atoms. The normalized spacial score (nSPS) is 14.1. The molecule has 1 heterocycles. The fourth-order valence-corrected chi connectivity index (χ4v) is 4.62. The van der Waals surface area contributed by atoms with E-state index in [-0.39, 0.29) is 4.91 Å². The molecule has 4 rings (SSSR count). The smallest absolute Gasteiger partial charge is 0.294 e. The van der Waals surface area contributed by atoms with Gasteiger partial charge in [-0.15, -0.1) is 6.58 Å². The Morgan fingerprint density at radius 1 is 1.11 bits per heavy atom. The van der Waals surface area contributed by atoms with Crippen LogP contribution in [0.1, 0.15) is 16.7 Å². The number of hydrogen-bond acceptors (Lipinski definition) is 6. The predicted octanol–water partition coefficient (Wildman–Crippen LogP) is 5.82. The van der Waals surface area contributed by atoms with Gasteiger partial charge in [0, 0.05) is 11.3 Å². The maximum Gasteiger partial charge on any atom is 0.294 e. The van der Waals surface area contributed by atoms with E-state index in [4.69, 9.17) is 9.47 Å².